The van der Waals surface area contributed by atoms with Crippen molar-refractivity contribution in [2.45, 2.75) is 194 Å². The Morgan fingerprint density at radius 2 is 0.675 bits per heavy atom. The van der Waals surface area contributed by atoms with Gasteiger partial charge >= 0.3 is 0 Å². The van der Waals surface area contributed by atoms with Gasteiger partial charge in [-0.3, -0.25) is 0 Å². The topological polar surface area (TPSA) is 3.24 Å². The highest BCUT2D eigenvalue weighted by Gasteiger charge is 2.09. The van der Waals surface area contributed by atoms with Crippen molar-refractivity contribution in [2.75, 3.05) is 18.0 Å². The van der Waals surface area contributed by atoms with Crippen LogP contribution >= 0.6 is 15.9 Å². The number of rotatable bonds is 31. The number of nitrogens with zero attached hydrogens (tertiary/aromatic N) is 1. The Hall–Kier alpha value is -0.500. The van der Waals surface area contributed by atoms with Crippen LogP contribution < -0.4 is 4.90 Å². The Morgan fingerprint density at radius 1 is 0.400 bits per heavy atom. The zero-order valence-corrected chi connectivity index (χ0v) is 28.9. The molecule has 1 nitrogen and oxygen atoms in total. The summed E-state index contributed by atoms with van der Waals surface area (Å²) >= 11 is 3.82. The van der Waals surface area contributed by atoms with Gasteiger partial charge in [-0.1, -0.05) is 193 Å². The van der Waals surface area contributed by atoms with E-state index in [1.54, 1.807) is 0 Å². The van der Waals surface area contributed by atoms with Crippen molar-refractivity contribution in [1.29, 1.82) is 0 Å². The summed E-state index contributed by atoms with van der Waals surface area (Å²) in [4.78, 5) is 2.66. The number of halogens is 1. The lowest BCUT2D eigenvalue weighted by Gasteiger charge is -2.26. The minimum absolute atomic E-state index is 1.21. The third kappa shape index (κ3) is 23.1. The zero-order chi connectivity index (χ0) is 28.8. The highest BCUT2D eigenvalue weighted by Crippen LogP contribution is 2.27. The van der Waals surface area contributed by atoms with Gasteiger partial charge in [-0.25, -0.2) is 0 Å². The molecule has 0 unspecified atom stereocenters. The van der Waals surface area contributed by atoms with Gasteiger partial charge in [0.15, 0.2) is 0 Å². The third-order valence-corrected chi connectivity index (χ3v) is 9.43. The number of hydrogen-bond acceptors (Lipinski definition) is 1. The monoisotopic (exact) mass is 619 g/mol. The van der Waals surface area contributed by atoms with Crippen molar-refractivity contribution in [1.82, 2.24) is 0 Å². The van der Waals surface area contributed by atoms with E-state index in [-0.39, 0.29) is 0 Å². The molecule has 1 aromatic rings. The minimum atomic E-state index is 1.21. The minimum Gasteiger partial charge on any atom is -0.371 e. The quantitative estimate of drug-likeness (QED) is 0.0747. The first-order valence-electron chi connectivity index (χ1n) is 18.3. The summed E-state index contributed by atoms with van der Waals surface area (Å²) in [7, 11) is 0. The van der Waals surface area contributed by atoms with Crippen LogP contribution in [0.2, 0.25) is 0 Å². The lowest BCUT2D eigenvalue weighted by molar-refractivity contribution is 0.529. The van der Waals surface area contributed by atoms with Crippen LogP contribution in [0.25, 0.3) is 0 Å². The Labute approximate surface area is 261 Å². The Kier molecular flexibility index (Phi) is 28.1. The predicted molar refractivity (Wildman–Crippen MR) is 187 cm³/mol. The van der Waals surface area contributed by atoms with E-state index in [0.717, 1.165) is 0 Å². The molecule has 0 amide bonds. The molecular formula is C38H70BrN. The Morgan fingerprint density at radius 3 is 0.975 bits per heavy atom. The van der Waals surface area contributed by atoms with Gasteiger partial charge in [0.2, 0.25) is 0 Å². The van der Waals surface area contributed by atoms with Crippen LogP contribution in [0, 0.1) is 0 Å². The lowest BCUT2D eigenvalue weighted by Crippen LogP contribution is -2.26. The molecule has 0 aliphatic carbocycles. The second-order valence-electron chi connectivity index (χ2n) is 12.6. The molecule has 0 bridgehead atoms. The van der Waals surface area contributed by atoms with Crippen molar-refractivity contribution >= 4 is 21.6 Å². The molecule has 1 aromatic carbocycles. The number of unbranched alkanes of at least 4 members (excludes halogenated alkanes) is 26. The van der Waals surface area contributed by atoms with E-state index in [2.05, 4.69) is 58.9 Å². The van der Waals surface area contributed by atoms with Crippen LogP contribution in [0.1, 0.15) is 194 Å². The largest absolute Gasteiger partial charge is 0.371 e. The molecule has 40 heavy (non-hydrogen) atoms. The molecule has 0 heterocycles. The van der Waals surface area contributed by atoms with Crippen molar-refractivity contribution in [3.63, 3.8) is 0 Å². The molecule has 2 heteroatoms. The van der Waals surface area contributed by atoms with Crippen LogP contribution in [-0.4, -0.2) is 13.1 Å². The van der Waals surface area contributed by atoms with Gasteiger partial charge in [0.1, 0.15) is 0 Å². The van der Waals surface area contributed by atoms with E-state index in [0.29, 0.717) is 0 Å². The maximum atomic E-state index is 3.82. The molecule has 0 aliphatic heterocycles. The lowest BCUT2D eigenvalue weighted by atomic mass is 10.0. The molecule has 0 saturated heterocycles. The molecule has 0 spiro atoms. The molecular weight excluding hydrogens is 550 g/mol. The summed E-state index contributed by atoms with van der Waals surface area (Å²) in [6.45, 7) is 7.03. The molecule has 0 saturated carbocycles. The summed E-state index contributed by atoms with van der Waals surface area (Å²) in [5.74, 6) is 0. The average molecular weight is 621 g/mol. The standard InChI is InChI=1S/C38H70BrN/c1-3-5-7-9-11-13-15-17-19-21-23-25-27-31-35-40(38-34-30-29-33-37(38)39)36-32-28-26-24-22-20-18-16-14-12-10-8-6-4-2/h29-30,33-34H,3-28,31-32,35-36H2,1-2H3. The van der Waals surface area contributed by atoms with Crippen LogP contribution in [0.15, 0.2) is 28.7 Å². The third-order valence-electron chi connectivity index (χ3n) is 8.76. The van der Waals surface area contributed by atoms with Crippen LogP contribution in [0.3, 0.4) is 0 Å². The molecule has 0 radical (unpaired) electrons. The maximum Gasteiger partial charge on any atom is 0.0510 e. The van der Waals surface area contributed by atoms with Crippen LogP contribution in [0.5, 0.6) is 0 Å². The van der Waals surface area contributed by atoms with Crippen molar-refractivity contribution in [3.8, 4) is 0 Å². The van der Waals surface area contributed by atoms with Crippen molar-refractivity contribution in [3.05, 3.63) is 28.7 Å². The Bertz CT molecular complexity index is 598. The smallest absolute Gasteiger partial charge is 0.0510 e. The van der Waals surface area contributed by atoms with E-state index in [1.165, 1.54) is 203 Å². The SMILES string of the molecule is CCCCCCCCCCCCCCCCN(CCCCCCCCCCCCCCCC)c1ccccc1Br. The molecule has 0 atom stereocenters. The van der Waals surface area contributed by atoms with Gasteiger partial charge in [-0.05, 0) is 40.9 Å². The number of anilines is 1. The van der Waals surface area contributed by atoms with E-state index >= 15 is 0 Å². The maximum absolute atomic E-state index is 3.82. The summed E-state index contributed by atoms with van der Waals surface area (Å²) in [6, 6.07) is 8.85. The van der Waals surface area contributed by atoms with E-state index in [4.69, 9.17) is 0 Å². The van der Waals surface area contributed by atoms with E-state index in [1.807, 2.05) is 0 Å². The van der Waals surface area contributed by atoms with Gasteiger partial charge in [0, 0.05) is 17.6 Å². The summed E-state index contributed by atoms with van der Waals surface area (Å²) in [6.07, 6.45) is 40.1. The van der Waals surface area contributed by atoms with Gasteiger partial charge < -0.3 is 4.90 Å². The van der Waals surface area contributed by atoms with Gasteiger partial charge in [0.05, 0.1) is 5.69 Å². The average Bonchev–Trinajstić information content (AvgIpc) is 2.96. The van der Waals surface area contributed by atoms with Gasteiger partial charge in [0.25, 0.3) is 0 Å². The fraction of sp³-hybridized carbons (Fsp3) is 0.842. The first-order chi connectivity index (χ1) is 19.8. The highest BCUT2D eigenvalue weighted by molar-refractivity contribution is 9.10. The first-order valence-corrected chi connectivity index (χ1v) is 19.1. The second-order valence-corrected chi connectivity index (χ2v) is 13.5. The van der Waals surface area contributed by atoms with Crippen molar-refractivity contribution < 1.29 is 0 Å². The van der Waals surface area contributed by atoms with Gasteiger partial charge in [-0.2, -0.15) is 0 Å². The predicted octanol–water partition coefficient (Wildman–Crippen LogP) is 14.2. The normalized spacial score (nSPS) is 11.4. The number of benzene rings is 1. The Balaban J connectivity index is 2.06. The zero-order valence-electron chi connectivity index (χ0n) is 27.3. The summed E-state index contributed by atoms with van der Waals surface area (Å²) in [5.41, 5.74) is 1.40. The van der Waals surface area contributed by atoms with Crippen molar-refractivity contribution in [2.24, 2.45) is 0 Å². The fourth-order valence-corrected chi connectivity index (χ4v) is 6.59. The fourth-order valence-electron chi connectivity index (χ4n) is 6.06. The second kappa shape index (κ2) is 30.0. The summed E-state index contributed by atoms with van der Waals surface area (Å²) in [5, 5.41) is 0. The van der Waals surface area contributed by atoms with Crippen LogP contribution in [0.4, 0.5) is 5.69 Å². The summed E-state index contributed by atoms with van der Waals surface area (Å²) < 4.78 is 1.26. The molecule has 234 valence electrons. The highest BCUT2D eigenvalue weighted by atomic mass is 79.9. The van der Waals surface area contributed by atoms with Crippen LogP contribution in [-0.2, 0) is 0 Å². The van der Waals surface area contributed by atoms with E-state index < -0.39 is 0 Å². The molecule has 0 fully saturated rings. The molecule has 0 aromatic heterocycles. The molecule has 0 aliphatic rings. The number of hydrogen-bond donors (Lipinski definition) is 0. The van der Waals surface area contributed by atoms with E-state index in [9.17, 15) is 0 Å². The number of para-hydroxylation sites is 1. The molecule has 1 rings (SSSR count). The molecule has 0 N–H and O–H groups in total. The first kappa shape index (κ1) is 37.5. The van der Waals surface area contributed by atoms with Gasteiger partial charge in [-0.15, -0.1) is 0 Å².